The van der Waals surface area contributed by atoms with E-state index in [1.807, 2.05) is 140 Å². The van der Waals surface area contributed by atoms with Crippen LogP contribution in [0, 0.1) is 30.6 Å². The number of benzene rings is 2. The Hall–Kier alpha value is -5.82. The van der Waals surface area contributed by atoms with Gasteiger partial charge in [0.2, 0.25) is 11.8 Å². The average molecular weight is 834 g/mol. The van der Waals surface area contributed by atoms with Gasteiger partial charge in [0, 0.05) is 43.0 Å². The number of alkyl carbamates (subject to hydrolysis) is 1. The van der Waals surface area contributed by atoms with Crippen LogP contribution >= 0.6 is 0 Å². The molecule has 5 atom stereocenters. The zero-order valence-corrected chi connectivity index (χ0v) is 36.8. The zero-order chi connectivity index (χ0) is 44.3. The van der Waals surface area contributed by atoms with E-state index >= 15 is 0 Å². The number of pyridine rings is 2. The maximum absolute atomic E-state index is 14.7. The fourth-order valence-electron chi connectivity index (χ4n) is 8.01. The summed E-state index contributed by atoms with van der Waals surface area (Å²) in [4.78, 5) is 64.5. The second kappa shape index (κ2) is 20.6. The van der Waals surface area contributed by atoms with Crippen LogP contribution in [0.25, 0.3) is 11.3 Å². The first-order valence-corrected chi connectivity index (χ1v) is 21.0. The number of methoxy groups -OCH3 is 1. The molecule has 1 fully saturated rings. The number of urea groups is 1. The maximum Gasteiger partial charge on any atom is 0.406 e. The lowest BCUT2D eigenvalue weighted by Gasteiger charge is -2.38. The molecule has 0 spiro atoms. The molecule has 5 N–H and O–H groups in total. The van der Waals surface area contributed by atoms with Crippen molar-refractivity contribution < 1.29 is 29.0 Å². The number of nitrogens with zero attached hydrogens (tertiary/aromatic N) is 3. The molecule has 1 saturated heterocycles. The summed E-state index contributed by atoms with van der Waals surface area (Å²) in [5, 5.41) is 24.3. The van der Waals surface area contributed by atoms with Crippen molar-refractivity contribution in [3.63, 3.8) is 0 Å². The summed E-state index contributed by atoms with van der Waals surface area (Å²) < 4.78 is 4.72. The third-order valence-corrected chi connectivity index (χ3v) is 11.2. The number of amides is 5. The van der Waals surface area contributed by atoms with Crippen LogP contribution in [0.4, 0.5) is 9.59 Å². The van der Waals surface area contributed by atoms with Crippen LogP contribution < -0.4 is 21.3 Å². The number of aliphatic hydroxyl groups is 1. The molecule has 5 amide bonds. The Morgan fingerprint density at radius 1 is 0.902 bits per heavy atom. The lowest BCUT2D eigenvalue weighted by molar-refractivity contribution is -0.132. The minimum atomic E-state index is -1.08. The van der Waals surface area contributed by atoms with Crippen LogP contribution in [-0.2, 0) is 33.7 Å². The number of carbonyl (C=O) groups excluding carboxylic acids is 4. The van der Waals surface area contributed by atoms with Gasteiger partial charge in [-0.25, -0.2) is 9.59 Å². The largest absolute Gasteiger partial charge is 0.453 e. The maximum atomic E-state index is 14.7. The van der Waals surface area contributed by atoms with Crippen molar-refractivity contribution in [2.75, 3.05) is 20.2 Å². The summed E-state index contributed by atoms with van der Waals surface area (Å²) in [5.74, 6) is -1.14. The van der Waals surface area contributed by atoms with Crippen LogP contribution in [0.2, 0.25) is 0 Å². The van der Waals surface area contributed by atoms with Crippen molar-refractivity contribution in [2.24, 2.45) is 16.7 Å². The number of hydrogen-bond acceptors (Lipinski definition) is 8. The molecule has 2 aromatic carbocycles. The van der Waals surface area contributed by atoms with Gasteiger partial charge in [0.15, 0.2) is 0 Å². The molecule has 0 radical (unpaired) electrons. The highest BCUT2D eigenvalue weighted by atomic mass is 16.5. The quantitative estimate of drug-likeness (QED) is 0.0777. The Kier molecular flexibility index (Phi) is 15.6. The van der Waals surface area contributed by atoms with E-state index in [2.05, 4.69) is 31.2 Å². The molecule has 1 aliphatic heterocycles. The first-order chi connectivity index (χ1) is 28.9. The summed E-state index contributed by atoms with van der Waals surface area (Å²) in [6.45, 7) is 14.4. The molecule has 0 bridgehead atoms. The Morgan fingerprint density at radius 2 is 1.61 bits per heavy atom. The van der Waals surface area contributed by atoms with Crippen LogP contribution in [-0.4, -0.2) is 88.3 Å². The van der Waals surface area contributed by atoms with Crippen molar-refractivity contribution in [1.82, 2.24) is 36.1 Å². The van der Waals surface area contributed by atoms with E-state index in [1.165, 1.54) is 7.11 Å². The minimum absolute atomic E-state index is 0.0679. The summed E-state index contributed by atoms with van der Waals surface area (Å²) in [7, 11) is 1.29. The van der Waals surface area contributed by atoms with Gasteiger partial charge >= 0.3 is 12.1 Å². The molecule has 0 saturated carbocycles. The molecule has 326 valence electrons. The van der Waals surface area contributed by atoms with Crippen molar-refractivity contribution in [3.8, 4) is 11.3 Å². The highest BCUT2D eigenvalue weighted by molar-refractivity contribution is 5.84. The molecular formula is C48H63N7O6. The molecule has 13 heteroatoms. The molecule has 1 aliphatic rings. The summed E-state index contributed by atoms with van der Waals surface area (Å²) in [5.41, 5.74) is 5.11. The molecule has 4 aromatic rings. The number of hydrogen-bond donors (Lipinski definition) is 5. The van der Waals surface area contributed by atoms with Crippen molar-refractivity contribution in [3.05, 3.63) is 119 Å². The number of ether oxygens (including phenoxy) is 1. The number of rotatable bonds is 18. The van der Waals surface area contributed by atoms with Gasteiger partial charge in [-0.1, -0.05) is 101 Å². The molecular weight excluding hydrogens is 771 g/mol. The molecule has 4 unspecified atom stereocenters. The molecule has 13 nitrogen and oxygen atoms in total. The molecule has 2 aromatic heterocycles. The van der Waals surface area contributed by atoms with Gasteiger partial charge in [-0.05, 0) is 78.8 Å². The second-order valence-corrected chi connectivity index (χ2v) is 18.2. The van der Waals surface area contributed by atoms with Gasteiger partial charge in [0.25, 0.3) is 0 Å². The van der Waals surface area contributed by atoms with Gasteiger partial charge in [-0.2, -0.15) is 0 Å². The van der Waals surface area contributed by atoms with Crippen molar-refractivity contribution in [2.45, 2.75) is 105 Å². The third kappa shape index (κ3) is 13.6. The first-order valence-electron chi connectivity index (χ1n) is 21.0. The first kappa shape index (κ1) is 46.2. The van der Waals surface area contributed by atoms with E-state index in [0.717, 1.165) is 39.3 Å². The van der Waals surface area contributed by atoms with E-state index in [-0.39, 0.29) is 43.8 Å². The predicted octanol–water partition coefficient (Wildman–Crippen LogP) is 6.29. The standard InChI is InChI=1S/C48H63N7O6/c1-31-17-22-38(49-27-31)35-20-18-34(19-21-35)24-39(54-42(57)26-48(6,7)30-51-46(60)61-8)41(56)25-37(23-33-14-10-9-11-15-33)53-44(58)43(47(3,4)5)40-28-50-45(59)55(40)29-36-16-12-13-32(2)52-36/h9-22,27,37,39-41,43,56H,23-26,28-30H2,1-8H3,(H,50,59)(H,51,60)(H,53,58)(H,54,57)/t37?,39?,40?,41?,43-/m0/s1. The van der Waals surface area contributed by atoms with E-state index < -0.39 is 47.1 Å². The fraction of sp³-hybridized carbons (Fsp3) is 0.458. The predicted molar refractivity (Wildman–Crippen MR) is 236 cm³/mol. The molecule has 0 aliphatic carbocycles. The van der Waals surface area contributed by atoms with Gasteiger partial charge in [-0.3, -0.25) is 19.6 Å². The smallest absolute Gasteiger partial charge is 0.406 e. The summed E-state index contributed by atoms with van der Waals surface area (Å²) in [6.07, 6.45) is 1.08. The topological polar surface area (TPSA) is 175 Å². The van der Waals surface area contributed by atoms with Gasteiger partial charge < -0.3 is 36.0 Å². The Labute approximate surface area is 360 Å². The monoisotopic (exact) mass is 833 g/mol. The fourth-order valence-corrected chi connectivity index (χ4v) is 8.01. The van der Waals surface area contributed by atoms with Crippen LogP contribution in [0.5, 0.6) is 0 Å². The number of aliphatic hydroxyl groups excluding tert-OH is 1. The second-order valence-electron chi connectivity index (χ2n) is 18.2. The Bertz CT molecular complexity index is 2090. The number of nitrogens with one attached hydrogen (secondary N) is 4. The van der Waals surface area contributed by atoms with Gasteiger partial charge in [0.1, 0.15) is 0 Å². The van der Waals surface area contributed by atoms with Crippen LogP contribution in [0.15, 0.2) is 91.1 Å². The molecule has 61 heavy (non-hydrogen) atoms. The van der Waals surface area contributed by atoms with Crippen molar-refractivity contribution in [1.29, 1.82) is 0 Å². The van der Waals surface area contributed by atoms with E-state index in [0.29, 0.717) is 19.4 Å². The minimum Gasteiger partial charge on any atom is -0.453 e. The molecule has 3 heterocycles. The van der Waals surface area contributed by atoms with Crippen LogP contribution in [0.3, 0.4) is 0 Å². The number of aryl methyl sites for hydroxylation is 2. The molecule has 5 rings (SSSR count). The third-order valence-electron chi connectivity index (χ3n) is 11.2. The Balaban J connectivity index is 1.41. The van der Waals surface area contributed by atoms with Gasteiger partial charge in [-0.15, -0.1) is 0 Å². The highest BCUT2D eigenvalue weighted by Crippen LogP contribution is 2.34. The zero-order valence-electron chi connectivity index (χ0n) is 36.8. The summed E-state index contributed by atoms with van der Waals surface area (Å²) >= 11 is 0. The lowest BCUT2D eigenvalue weighted by atomic mass is 9.75. The van der Waals surface area contributed by atoms with E-state index in [4.69, 9.17) is 4.74 Å². The lowest BCUT2D eigenvalue weighted by Crippen LogP contribution is -2.54. The van der Waals surface area contributed by atoms with Crippen molar-refractivity contribution >= 4 is 23.9 Å². The highest BCUT2D eigenvalue weighted by Gasteiger charge is 2.46. The Morgan fingerprint density at radius 3 is 2.25 bits per heavy atom. The van der Waals surface area contributed by atoms with Gasteiger partial charge in [0.05, 0.1) is 49.1 Å². The SMILES string of the molecule is COC(=O)NCC(C)(C)CC(=O)NC(Cc1ccc(-c2ccc(C)cn2)cc1)C(O)CC(Cc1ccccc1)NC(=O)[C@H](C1CNC(=O)N1Cc1cccc(C)n1)C(C)(C)C. The van der Waals surface area contributed by atoms with E-state index in [9.17, 15) is 24.3 Å². The summed E-state index contributed by atoms with van der Waals surface area (Å²) in [6, 6.07) is 25.4. The van der Waals surface area contributed by atoms with E-state index in [1.54, 1.807) is 4.90 Å². The number of carbonyl (C=O) groups is 4. The van der Waals surface area contributed by atoms with Crippen LogP contribution in [0.1, 0.15) is 75.5 Å². The number of aromatic nitrogens is 2. The average Bonchev–Trinajstić information content (AvgIpc) is 3.54. The normalized spacial score (nSPS) is 16.2.